The Kier molecular flexibility index (Phi) is 4.45. The molecule has 1 aromatic rings. The fourth-order valence-corrected chi connectivity index (χ4v) is 1.55. The quantitative estimate of drug-likeness (QED) is 0.401. The Hall–Kier alpha value is -1.40. The average molecular weight is 225 g/mol. The number of aromatic nitrogens is 2. The number of carbonyl (C=O) groups excluding carboxylic acids is 1. The van der Waals surface area contributed by atoms with Crippen molar-refractivity contribution in [3.8, 4) is 0 Å². The highest BCUT2D eigenvalue weighted by Crippen LogP contribution is 2.03. The molecule has 0 spiro atoms. The lowest BCUT2D eigenvalue weighted by molar-refractivity contribution is -0.125. The van der Waals surface area contributed by atoms with Crippen molar-refractivity contribution in [2.75, 3.05) is 13.6 Å². The standard InChI is InChI=1S/C10H19N5O/c1-8(10(16)13-11)6-14(2)7-9-12-4-5-15(9)3/h4-5,8H,6-7,11H2,1-3H3,(H,13,16). The molecule has 0 saturated heterocycles. The van der Waals surface area contributed by atoms with Gasteiger partial charge in [-0.2, -0.15) is 0 Å². The summed E-state index contributed by atoms with van der Waals surface area (Å²) in [7, 11) is 3.90. The van der Waals surface area contributed by atoms with Gasteiger partial charge in [0.05, 0.1) is 6.54 Å². The summed E-state index contributed by atoms with van der Waals surface area (Å²) in [5.41, 5.74) is 2.15. The van der Waals surface area contributed by atoms with E-state index in [0.29, 0.717) is 13.1 Å². The first kappa shape index (κ1) is 12.7. The molecule has 16 heavy (non-hydrogen) atoms. The molecule has 1 heterocycles. The number of nitrogens with one attached hydrogen (secondary N) is 1. The summed E-state index contributed by atoms with van der Waals surface area (Å²) < 4.78 is 1.96. The zero-order valence-corrected chi connectivity index (χ0v) is 9.97. The highest BCUT2D eigenvalue weighted by Gasteiger charge is 2.14. The zero-order valence-electron chi connectivity index (χ0n) is 9.97. The van der Waals surface area contributed by atoms with E-state index in [1.165, 1.54) is 0 Å². The van der Waals surface area contributed by atoms with Crippen molar-refractivity contribution in [1.29, 1.82) is 0 Å². The third kappa shape index (κ3) is 3.32. The van der Waals surface area contributed by atoms with E-state index in [9.17, 15) is 4.79 Å². The number of carbonyl (C=O) groups is 1. The summed E-state index contributed by atoms with van der Waals surface area (Å²) >= 11 is 0. The van der Waals surface area contributed by atoms with Crippen molar-refractivity contribution in [1.82, 2.24) is 19.9 Å². The number of aryl methyl sites for hydroxylation is 1. The number of hydrogen-bond acceptors (Lipinski definition) is 4. The monoisotopic (exact) mass is 225 g/mol. The van der Waals surface area contributed by atoms with Gasteiger partial charge in [0.15, 0.2) is 0 Å². The molecule has 0 aromatic carbocycles. The molecule has 0 aliphatic rings. The predicted octanol–water partition coefficient (Wildman–Crippen LogP) is -0.522. The molecule has 0 aliphatic carbocycles. The van der Waals surface area contributed by atoms with Crippen molar-refractivity contribution in [2.45, 2.75) is 13.5 Å². The molecule has 1 unspecified atom stereocenters. The highest BCUT2D eigenvalue weighted by molar-refractivity contribution is 5.77. The minimum atomic E-state index is -0.147. The Morgan fingerprint density at radius 3 is 2.94 bits per heavy atom. The SMILES string of the molecule is CC(CN(C)Cc1nccn1C)C(=O)NN. The molecule has 3 N–H and O–H groups in total. The highest BCUT2D eigenvalue weighted by atomic mass is 16.2. The molecule has 90 valence electrons. The molecule has 0 radical (unpaired) electrons. The van der Waals surface area contributed by atoms with Gasteiger partial charge in [-0.3, -0.25) is 15.1 Å². The molecule has 1 aromatic heterocycles. The van der Waals surface area contributed by atoms with Gasteiger partial charge in [-0.15, -0.1) is 0 Å². The first-order valence-electron chi connectivity index (χ1n) is 5.19. The van der Waals surface area contributed by atoms with Crippen molar-refractivity contribution in [3.63, 3.8) is 0 Å². The lowest BCUT2D eigenvalue weighted by atomic mass is 10.1. The van der Waals surface area contributed by atoms with Gasteiger partial charge in [0.2, 0.25) is 5.91 Å². The topological polar surface area (TPSA) is 76.2 Å². The Bertz CT molecular complexity index is 349. The van der Waals surface area contributed by atoms with Crippen LogP contribution in [0, 0.1) is 5.92 Å². The predicted molar refractivity (Wildman–Crippen MR) is 61.0 cm³/mol. The van der Waals surface area contributed by atoms with Gasteiger partial charge in [0, 0.05) is 31.9 Å². The normalized spacial score (nSPS) is 12.8. The van der Waals surface area contributed by atoms with Gasteiger partial charge in [0.1, 0.15) is 5.82 Å². The van der Waals surface area contributed by atoms with Crippen LogP contribution < -0.4 is 11.3 Å². The Balaban J connectivity index is 2.45. The van der Waals surface area contributed by atoms with Crippen molar-refractivity contribution >= 4 is 5.91 Å². The van der Waals surface area contributed by atoms with Crippen molar-refractivity contribution < 1.29 is 4.79 Å². The first-order chi connectivity index (χ1) is 7.54. The summed E-state index contributed by atoms with van der Waals surface area (Å²) in [6.07, 6.45) is 3.67. The maximum atomic E-state index is 11.2. The van der Waals surface area contributed by atoms with E-state index in [-0.39, 0.29) is 11.8 Å². The average Bonchev–Trinajstić information content (AvgIpc) is 2.63. The molecule has 0 bridgehead atoms. The number of rotatable bonds is 5. The van der Waals surface area contributed by atoms with Crippen molar-refractivity contribution in [3.05, 3.63) is 18.2 Å². The molecular formula is C10H19N5O. The van der Waals surface area contributed by atoms with E-state index >= 15 is 0 Å². The Morgan fingerprint density at radius 1 is 1.75 bits per heavy atom. The maximum Gasteiger partial charge on any atom is 0.237 e. The van der Waals surface area contributed by atoms with E-state index in [4.69, 9.17) is 5.84 Å². The molecule has 0 aliphatic heterocycles. The minimum Gasteiger partial charge on any atom is -0.337 e. The number of nitrogens with two attached hydrogens (primary N) is 1. The summed E-state index contributed by atoms with van der Waals surface area (Å²) in [6.45, 7) is 3.21. The number of amides is 1. The lowest BCUT2D eigenvalue weighted by Crippen LogP contribution is -2.39. The Labute approximate surface area is 95.4 Å². The van der Waals surface area contributed by atoms with Crippen LogP contribution in [0.15, 0.2) is 12.4 Å². The van der Waals surface area contributed by atoms with E-state index < -0.39 is 0 Å². The second-order valence-corrected chi connectivity index (χ2v) is 4.06. The number of imidazole rings is 1. The van der Waals surface area contributed by atoms with Crippen LogP contribution in [0.25, 0.3) is 0 Å². The van der Waals surface area contributed by atoms with Gasteiger partial charge in [0.25, 0.3) is 0 Å². The van der Waals surface area contributed by atoms with E-state index in [1.54, 1.807) is 6.20 Å². The smallest absolute Gasteiger partial charge is 0.237 e. The van der Waals surface area contributed by atoms with Crippen LogP contribution in [0.1, 0.15) is 12.7 Å². The molecule has 6 nitrogen and oxygen atoms in total. The van der Waals surface area contributed by atoms with Gasteiger partial charge in [-0.05, 0) is 7.05 Å². The molecular weight excluding hydrogens is 206 g/mol. The van der Waals surface area contributed by atoms with Crippen LogP contribution in [-0.4, -0.2) is 34.0 Å². The zero-order chi connectivity index (χ0) is 12.1. The summed E-state index contributed by atoms with van der Waals surface area (Å²) in [5, 5.41) is 0. The largest absolute Gasteiger partial charge is 0.337 e. The fourth-order valence-electron chi connectivity index (χ4n) is 1.55. The third-order valence-electron chi connectivity index (χ3n) is 2.51. The maximum absolute atomic E-state index is 11.2. The molecule has 0 saturated carbocycles. The molecule has 1 amide bonds. The van der Waals surface area contributed by atoms with Crippen LogP contribution >= 0.6 is 0 Å². The third-order valence-corrected chi connectivity index (χ3v) is 2.51. The van der Waals surface area contributed by atoms with Crippen LogP contribution in [0.5, 0.6) is 0 Å². The van der Waals surface area contributed by atoms with Crippen LogP contribution in [0.2, 0.25) is 0 Å². The van der Waals surface area contributed by atoms with E-state index in [2.05, 4.69) is 10.4 Å². The van der Waals surface area contributed by atoms with E-state index in [1.807, 2.05) is 36.7 Å². The minimum absolute atomic E-state index is 0.129. The summed E-state index contributed by atoms with van der Waals surface area (Å²) in [4.78, 5) is 17.5. The first-order valence-corrected chi connectivity index (χ1v) is 5.19. The van der Waals surface area contributed by atoms with Gasteiger partial charge in [-0.1, -0.05) is 6.92 Å². The van der Waals surface area contributed by atoms with Crippen LogP contribution in [0.4, 0.5) is 0 Å². The second kappa shape index (κ2) is 5.62. The Morgan fingerprint density at radius 2 is 2.44 bits per heavy atom. The molecule has 0 fully saturated rings. The van der Waals surface area contributed by atoms with Crippen LogP contribution in [0.3, 0.4) is 0 Å². The van der Waals surface area contributed by atoms with Crippen LogP contribution in [-0.2, 0) is 18.4 Å². The molecule has 1 rings (SSSR count). The molecule has 6 heteroatoms. The summed E-state index contributed by atoms with van der Waals surface area (Å²) in [5.74, 6) is 5.77. The van der Waals surface area contributed by atoms with Crippen molar-refractivity contribution in [2.24, 2.45) is 18.8 Å². The number of hydrazine groups is 1. The van der Waals surface area contributed by atoms with Gasteiger partial charge < -0.3 is 4.57 Å². The van der Waals surface area contributed by atoms with Gasteiger partial charge in [-0.25, -0.2) is 10.8 Å². The van der Waals surface area contributed by atoms with Gasteiger partial charge >= 0.3 is 0 Å². The second-order valence-electron chi connectivity index (χ2n) is 4.06. The summed E-state index contributed by atoms with van der Waals surface area (Å²) in [6, 6.07) is 0. The fraction of sp³-hybridized carbons (Fsp3) is 0.600. The lowest BCUT2D eigenvalue weighted by Gasteiger charge is -2.19. The molecule has 1 atom stereocenters. The number of nitrogens with zero attached hydrogens (tertiary/aromatic N) is 3. The number of hydrogen-bond donors (Lipinski definition) is 2. The van der Waals surface area contributed by atoms with E-state index in [0.717, 1.165) is 5.82 Å².